The first-order chi connectivity index (χ1) is 13.2. The molecule has 0 radical (unpaired) electrons. The molecule has 5 heteroatoms. The summed E-state index contributed by atoms with van der Waals surface area (Å²) in [5.74, 6) is -0.241. The van der Waals surface area contributed by atoms with Crippen molar-refractivity contribution in [1.29, 1.82) is 0 Å². The Balaban J connectivity index is 1.70. The maximum Gasteiger partial charge on any atom is 0.279 e. The highest BCUT2D eigenvalue weighted by atomic mass is 35.5. The number of amides is 1. The predicted molar refractivity (Wildman–Crippen MR) is 112 cm³/mol. The van der Waals surface area contributed by atoms with Crippen molar-refractivity contribution in [2.45, 2.75) is 13.5 Å². The maximum absolute atomic E-state index is 12.7. The first-order valence-corrected chi connectivity index (χ1v) is 9.88. The summed E-state index contributed by atoms with van der Waals surface area (Å²) in [4.78, 5) is 17.7. The summed E-state index contributed by atoms with van der Waals surface area (Å²) in [6, 6.07) is 23.4. The number of nitrogens with zero attached hydrogens (tertiary/aromatic N) is 2. The normalized spacial score (nSPS) is 11.9. The molecule has 3 nitrogen and oxygen atoms in total. The number of aromatic nitrogens is 1. The Kier molecular flexibility index (Phi) is 4.92. The minimum atomic E-state index is -0.241. The zero-order valence-corrected chi connectivity index (χ0v) is 16.3. The predicted octanol–water partition coefficient (Wildman–Crippen LogP) is 5.78. The third-order valence-electron chi connectivity index (χ3n) is 4.40. The second-order valence-electron chi connectivity index (χ2n) is 6.10. The van der Waals surface area contributed by atoms with Gasteiger partial charge >= 0.3 is 0 Å². The Morgan fingerprint density at radius 2 is 1.70 bits per heavy atom. The quantitative estimate of drug-likeness (QED) is 0.435. The number of hydrogen-bond acceptors (Lipinski definition) is 2. The van der Waals surface area contributed by atoms with Gasteiger partial charge in [-0.05, 0) is 48.4 Å². The molecule has 4 aromatic rings. The van der Waals surface area contributed by atoms with Gasteiger partial charge in [0.1, 0.15) is 0 Å². The van der Waals surface area contributed by atoms with Crippen LogP contribution in [0.3, 0.4) is 0 Å². The Labute approximate surface area is 166 Å². The van der Waals surface area contributed by atoms with Crippen molar-refractivity contribution in [2.24, 2.45) is 4.99 Å². The molecular weight excluding hydrogens is 376 g/mol. The van der Waals surface area contributed by atoms with E-state index in [1.807, 2.05) is 84.3 Å². The molecule has 1 aromatic heterocycles. The van der Waals surface area contributed by atoms with Gasteiger partial charge in [-0.3, -0.25) is 4.79 Å². The zero-order chi connectivity index (χ0) is 18.8. The van der Waals surface area contributed by atoms with E-state index in [0.717, 1.165) is 27.9 Å². The molecule has 0 saturated carbocycles. The van der Waals surface area contributed by atoms with E-state index in [1.54, 1.807) is 0 Å². The molecule has 0 aliphatic rings. The molecule has 0 atom stereocenters. The third-order valence-corrected chi connectivity index (χ3v) is 5.67. The van der Waals surface area contributed by atoms with Crippen molar-refractivity contribution in [3.8, 4) is 11.1 Å². The van der Waals surface area contributed by atoms with Crippen LogP contribution < -0.4 is 4.80 Å². The molecule has 4 rings (SSSR count). The van der Waals surface area contributed by atoms with Crippen molar-refractivity contribution in [3.63, 3.8) is 0 Å². The standard InChI is InChI=1S/C22H17ClN2OS/c1-2-25-19-13-12-18(23)14-20(19)27-22(25)24-21(26)17-10-8-16(9-11-17)15-6-4-3-5-7-15/h3-14H,2H2,1H3. The first kappa shape index (κ1) is 17.7. The molecule has 27 heavy (non-hydrogen) atoms. The average Bonchev–Trinajstić information content (AvgIpc) is 3.04. The summed E-state index contributed by atoms with van der Waals surface area (Å²) in [6.45, 7) is 2.78. The fourth-order valence-corrected chi connectivity index (χ4v) is 4.39. The van der Waals surface area contributed by atoms with Gasteiger partial charge in [-0.1, -0.05) is 65.4 Å². The number of benzene rings is 3. The summed E-state index contributed by atoms with van der Waals surface area (Å²) >= 11 is 7.57. The van der Waals surface area contributed by atoms with Crippen LogP contribution in [0.1, 0.15) is 17.3 Å². The summed E-state index contributed by atoms with van der Waals surface area (Å²) in [6.07, 6.45) is 0. The van der Waals surface area contributed by atoms with E-state index in [4.69, 9.17) is 11.6 Å². The van der Waals surface area contributed by atoms with E-state index in [0.29, 0.717) is 15.4 Å². The van der Waals surface area contributed by atoms with E-state index in [1.165, 1.54) is 11.3 Å². The maximum atomic E-state index is 12.7. The largest absolute Gasteiger partial charge is 0.317 e. The average molecular weight is 393 g/mol. The van der Waals surface area contributed by atoms with Crippen LogP contribution in [-0.4, -0.2) is 10.5 Å². The lowest BCUT2D eigenvalue weighted by molar-refractivity contribution is 0.0998. The number of carbonyl (C=O) groups excluding carboxylic acids is 1. The number of rotatable bonds is 3. The molecule has 1 heterocycles. The SMILES string of the molecule is CCn1c(=NC(=O)c2ccc(-c3ccccc3)cc2)sc2cc(Cl)ccc21. The van der Waals surface area contributed by atoms with Gasteiger partial charge in [0.15, 0.2) is 4.80 Å². The molecule has 0 saturated heterocycles. The molecule has 134 valence electrons. The van der Waals surface area contributed by atoms with Gasteiger partial charge in [-0.15, -0.1) is 0 Å². The molecule has 0 aliphatic heterocycles. The van der Waals surface area contributed by atoms with E-state index in [9.17, 15) is 4.79 Å². The van der Waals surface area contributed by atoms with Crippen molar-refractivity contribution in [3.05, 3.63) is 88.2 Å². The van der Waals surface area contributed by atoms with Crippen LogP contribution in [0, 0.1) is 0 Å². The number of aryl methyl sites for hydroxylation is 1. The monoisotopic (exact) mass is 392 g/mol. The van der Waals surface area contributed by atoms with Gasteiger partial charge in [-0.2, -0.15) is 4.99 Å². The Morgan fingerprint density at radius 1 is 1.00 bits per heavy atom. The Bertz CT molecular complexity index is 1170. The number of fused-ring (bicyclic) bond motifs is 1. The molecule has 0 fully saturated rings. The summed E-state index contributed by atoms with van der Waals surface area (Å²) in [5, 5.41) is 0.682. The highest BCUT2D eigenvalue weighted by molar-refractivity contribution is 7.16. The van der Waals surface area contributed by atoms with Gasteiger partial charge in [-0.25, -0.2) is 0 Å². The van der Waals surface area contributed by atoms with E-state index in [2.05, 4.69) is 4.99 Å². The van der Waals surface area contributed by atoms with Gasteiger partial charge in [0.25, 0.3) is 5.91 Å². The van der Waals surface area contributed by atoms with Gasteiger partial charge in [0, 0.05) is 17.1 Å². The lowest BCUT2D eigenvalue weighted by Gasteiger charge is -2.02. The zero-order valence-electron chi connectivity index (χ0n) is 14.7. The lowest BCUT2D eigenvalue weighted by Crippen LogP contribution is -2.15. The molecular formula is C22H17ClN2OS. The molecule has 0 aliphatic carbocycles. The van der Waals surface area contributed by atoms with Crippen LogP contribution >= 0.6 is 22.9 Å². The molecule has 0 unspecified atom stereocenters. The molecule has 0 spiro atoms. The second kappa shape index (κ2) is 7.51. The topological polar surface area (TPSA) is 34.4 Å². The van der Waals surface area contributed by atoms with E-state index in [-0.39, 0.29) is 5.91 Å². The molecule has 3 aromatic carbocycles. The van der Waals surface area contributed by atoms with Crippen LogP contribution in [0.5, 0.6) is 0 Å². The third kappa shape index (κ3) is 3.59. The summed E-state index contributed by atoms with van der Waals surface area (Å²) in [5.41, 5.74) is 3.82. The van der Waals surface area contributed by atoms with Crippen LogP contribution in [0.4, 0.5) is 0 Å². The number of halogens is 1. The molecule has 0 bridgehead atoms. The summed E-state index contributed by atoms with van der Waals surface area (Å²) < 4.78 is 3.06. The number of hydrogen-bond donors (Lipinski definition) is 0. The van der Waals surface area contributed by atoms with Gasteiger partial charge < -0.3 is 4.57 Å². The number of carbonyl (C=O) groups is 1. The van der Waals surface area contributed by atoms with E-state index < -0.39 is 0 Å². The minimum absolute atomic E-state index is 0.241. The van der Waals surface area contributed by atoms with Crippen LogP contribution in [0.25, 0.3) is 21.3 Å². The van der Waals surface area contributed by atoms with Crippen molar-refractivity contribution in [1.82, 2.24) is 4.57 Å². The number of thiazole rings is 1. The second-order valence-corrected chi connectivity index (χ2v) is 7.55. The van der Waals surface area contributed by atoms with Crippen LogP contribution in [0.15, 0.2) is 77.8 Å². The Hall–Kier alpha value is -2.69. The van der Waals surface area contributed by atoms with Gasteiger partial charge in [0.05, 0.1) is 10.2 Å². The molecule has 0 N–H and O–H groups in total. The van der Waals surface area contributed by atoms with E-state index >= 15 is 0 Å². The fraction of sp³-hybridized carbons (Fsp3) is 0.0909. The highest BCUT2D eigenvalue weighted by Gasteiger charge is 2.09. The minimum Gasteiger partial charge on any atom is -0.317 e. The highest BCUT2D eigenvalue weighted by Crippen LogP contribution is 2.22. The van der Waals surface area contributed by atoms with Crippen LogP contribution in [-0.2, 0) is 6.54 Å². The molecule has 1 amide bonds. The van der Waals surface area contributed by atoms with Crippen molar-refractivity contribution >= 4 is 39.1 Å². The smallest absolute Gasteiger partial charge is 0.279 e. The van der Waals surface area contributed by atoms with Crippen molar-refractivity contribution in [2.75, 3.05) is 0 Å². The summed E-state index contributed by atoms with van der Waals surface area (Å²) in [7, 11) is 0. The Morgan fingerprint density at radius 3 is 2.41 bits per heavy atom. The fourth-order valence-electron chi connectivity index (χ4n) is 3.03. The van der Waals surface area contributed by atoms with Crippen molar-refractivity contribution < 1.29 is 4.79 Å². The van der Waals surface area contributed by atoms with Crippen LogP contribution in [0.2, 0.25) is 5.02 Å². The first-order valence-electron chi connectivity index (χ1n) is 8.69. The lowest BCUT2D eigenvalue weighted by atomic mass is 10.0. The van der Waals surface area contributed by atoms with Gasteiger partial charge in [0.2, 0.25) is 0 Å².